The standard InChI is InChI=1S/C20H26F3N3O5/c21-20(22,17(29)31-23)19-6-11(19)7-26(14(19)15(25)27)16(28)13(24)12-9-1-8-2-10(12)5-18(30,3-8)4-9/h8-14,30H,1-7,24H2,(H2,25,27). The first-order valence-corrected chi connectivity index (χ1v) is 10.7. The normalized spacial score (nSPS) is 45.9. The van der Waals surface area contributed by atoms with Crippen LogP contribution in [0.15, 0.2) is 0 Å². The van der Waals surface area contributed by atoms with Gasteiger partial charge in [-0.25, -0.2) is 9.74 Å². The van der Waals surface area contributed by atoms with Crippen LogP contribution in [0.5, 0.6) is 0 Å². The van der Waals surface area contributed by atoms with Crippen molar-refractivity contribution in [1.29, 1.82) is 0 Å². The Bertz CT molecular complexity index is 840. The average Bonchev–Trinajstić information content (AvgIpc) is 3.30. The summed E-state index contributed by atoms with van der Waals surface area (Å²) >= 11 is 0. The molecule has 1 heterocycles. The third-order valence-electron chi connectivity index (χ3n) is 8.85. The van der Waals surface area contributed by atoms with Gasteiger partial charge in [0.1, 0.15) is 6.04 Å². The van der Waals surface area contributed by atoms with E-state index in [0.29, 0.717) is 18.8 Å². The van der Waals surface area contributed by atoms with Crippen LogP contribution in [0.25, 0.3) is 0 Å². The predicted molar refractivity (Wildman–Crippen MR) is 97.4 cm³/mol. The van der Waals surface area contributed by atoms with Crippen LogP contribution in [0.3, 0.4) is 0 Å². The molecular formula is C20H26F3N3O5. The Balaban J connectivity index is 1.40. The van der Waals surface area contributed by atoms with Crippen molar-refractivity contribution < 1.29 is 37.7 Å². The van der Waals surface area contributed by atoms with E-state index in [1.807, 2.05) is 0 Å². The van der Waals surface area contributed by atoms with Gasteiger partial charge >= 0.3 is 11.9 Å². The number of amides is 2. The number of hydrogen-bond acceptors (Lipinski definition) is 6. The van der Waals surface area contributed by atoms with E-state index in [0.717, 1.165) is 24.2 Å². The summed E-state index contributed by atoms with van der Waals surface area (Å²) in [6.07, 6.45) is 3.34. The second kappa shape index (κ2) is 6.34. The Morgan fingerprint density at radius 2 is 1.74 bits per heavy atom. The number of hydrogen-bond donors (Lipinski definition) is 3. The fourth-order valence-electron chi connectivity index (χ4n) is 7.91. The van der Waals surface area contributed by atoms with Crippen LogP contribution in [-0.4, -0.2) is 57.9 Å². The first-order valence-electron chi connectivity index (χ1n) is 10.7. The number of piperidine rings is 1. The summed E-state index contributed by atoms with van der Waals surface area (Å²) in [6, 6.07) is -2.80. The fraction of sp³-hybridized carbons (Fsp3) is 0.850. The van der Waals surface area contributed by atoms with Crippen LogP contribution < -0.4 is 11.5 Å². The number of carbonyl (C=O) groups is 3. The summed E-state index contributed by atoms with van der Waals surface area (Å²) in [5, 5.41) is 10.8. The molecule has 31 heavy (non-hydrogen) atoms. The van der Waals surface area contributed by atoms with E-state index in [4.69, 9.17) is 11.5 Å². The maximum absolute atomic E-state index is 14.7. The van der Waals surface area contributed by atoms with Gasteiger partial charge in [0.25, 0.3) is 0 Å². The van der Waals surface area contributed by atoms with Crippen molar-refractivity contribution in [3.8, 4) is 0 Å². The highest BCUT2D eigenvalue weighted by Crippen LogP contribution is 2.69. The first kappa shape index (κ1) is 21.0. The third-order valence-corrected chi connectivity index (χ3v) is 8.85. The number of rotatable bonds is 5. The van der Waals surface area contributed by atoms with E-state index in [-0.39, 0.29) is 30.7 Å². The highest BCUT2D eigenvalue weighted by atomic mass is 19.3. The number of likely N-dealkylation sites (tertiary alicyclic amines) is 1. The molecule has 0 aromatic carbocycles. The minimum absolute atomic E-state index is 0.0521. The number of alkyl halides is 2. The first-order chi connectivity index (χ1) is 14.4. The van der Waals surface area contributed by atoms with Crippen LogP contribution >= 0.6 is 0 Å². The maximum atomic E-state index is 14.7. The van der Waals surface area contributed by atoms with Crippen molar-refractivity contribution in [2.45, 2.75) is 62.1 Å². The smallest absolute Gasteiger partial charge is 0.390 e. The molecule has 172 valence electrons. The number of aliphatic hydroxyl groups is 1. The van der Waals surface area contributed by atoms with Crippen molar-refractivity contribution in [2.24, 2.45) is 46.5 Å². The van der Waals surface area contributed by atoms with Gasteiger partial charge in [-0.3, -0.25) is 9.59 Å². The zero-order valence-corrected chi connectivity index (χ0v) is 16.8. The summed E-state index contributed by atoms with van der Waals surface area (Å²) in [4.78, 5) is 40.7. The van der Waals surface area contributed by atoms with E-state index >= 15 is 0 Å². The van der Waals surface area contributed by atoms with Crippen LogP contribution in [0, 0.1) is 35.0 Å². The molecular weight excluding hydrogens is 419 g/mol. The molecule has 6 aliphatic rings. The van der Waals surface area contributed by atoms with Crippen LogP contribution in [-0.2, 0) is 19.3 Å². The molecule has 2 amide bonds. The SMILES string of the molecule is NC(=O)C1N(C(=O)C(N)C2C3CC4CC2CC(O)(C4)C3)CC2CC21C(F)(F)C(=O)OF. The Morgan fingerprint density at radius 3 is 2.26 bits per heavy atom. The van der Waals surface area contributed by atoms with E-state index in [1.165, 1.54) is 0 Å². The van der Waals surface area contributed by atoms with E-state index < -0.39 is 52.7 Å². The zero-order chi connectivity index (χ0) is 22.5. The third kappa shape index (κ3) is 2.65. The largest absolute Gasteiger partial charge is 0.418 e. The molecule has 5 aliphatic carbocycles. The Morgan fingerprint density at radius 1 is 1.13 bits per heavy atom. The van der Waals surface area contributed by atoms with Gasteiger partial charge in [-0.15, -0.1) is 0 Å². The quantitative estimate of drug-likeness (QED) is 0.556. The number of nitrogens with two attached hydrogens (primary N) is 2. The van der Waals surface area contributed by atoms with Gasteiger partial charge in [-0.2, -0.15) is 8.78 Å². The molecule has 0 radical (unpaired) electrons. The number of fused-ring (bicyclic) bond motifs is 1. The highest BCUT2D eigenvalue weighted by molar-refractivity contribution is 5.93. The number of carbonyl (C=O) groups excluding carboxylic acids is 3. The van der Waals surface area contributed by atoms with Gasteiger partial charge in [0, 0.05) is 11.1 Å². The summed E-state index contributed by atoms with van der Waals surface area (Å²) in [5.41, 5.74) is 8.76. The molecule has 0 aromatic rings. The van der Waals surface area contributed by atoms with Gasteiger partial charge < -0.3 is 21.5 Å². The van der Waals surface area contributed by atoms with E-state index in [2.05, 4.69) is 4.94 Å². The molecule has 4 bridgehead atoms. The minimum Gasteiger partial charge on any atom is -0.390 e. The molecule has 6 unspecified atom stereocenters. The molecule has 0 aromatic heterocycles. The van der Waals surface area contributed by atoms with Gasteiger partial charge in [0.2, 0.25) is 11.8 Å². The maximum Gasteiger partial charge on any atom is 0.418 e. The Hall–Kier alpha value is -1.88. The van der Waals surface area contributed by atoms with E-state index in [1.54, 1.807) is 0 Å². The molecule has 8 nitrogen and oxygen atoms in total. The van der Waals surface area contributed by atoms with Crippen molar-refractivity contribution in [3.05, 3.63) is 0 Å². The lowest BCUT2D eigenvalue weighted by Gasteiger charge is -2.59. The summed E-state index contributed by atoms with van der Waals surface area (Å²) in [6.45, 7) is -0.204. The van der Waals surface area contributed by atoms with Gasteiger partial charge in [0.15, 0.2) is 0 Å². The average molecular weight is 445 g/mol. The van der Waals surface area contributed by atoms with Crippen molar-refractivity contribution >= 4 is 17.8 Å². The molecule has 5 N–H and O–H groups in total. The highest BCUT2D eigenvalue weighted by Gasteiger charge is 2.82. The summed E-state index contributed by atoms with van der Waals surface area (Å²) in [7, 11) is 0. The monoisotopic (exact) mass is 445 g/mol. The second-order valence-corrected chi connectivity index (χ2v) is 10.5. The Labute approximate surface area is 176 Å². The van der Waals surface area contributed by atoms with Crippen molar-refractivity contribution in [2.75, 3.05) is 6.54 Å². The lowest BCUT2D eigenvalue weighted by atomic mass is 9.49. The molecule has 6 fully saturated rings. The van der Waals surface area contributed by atoms with Crippen molar-refractivity contribution in [1.82, 2.24) is 4.90 Å². The number of primary amides is 1. The Kier molecular flexibility index (Phi) is 4.29. The molecule has 5 saturated carbocycles. The van der Waals surface area contributed by atoms with Crippen molar-refractivity contribution in [3.63, 3.8) is 0 Å². The van der Waals surface area contributed by atoms with E-state index in [9.17, 15) is 32.8 Å². The molecule has 0 spiro atoms. The molecule has 6 rings (SSSR count). The van der Waals surface area contributed by atoms with Crippen LogP contribution in [0.4, 0.5) is 13.3 Å². The lowest BCUT2D eigenvalue weighted by Crippen LogP contribution is -2.63. The summed E-state index contributed by atoms with van der Waals surface area (Å²) in [5.74, 6) is -9.15. The molecule has 1 saturated heterocycles. The molecule has 11 heteroatoms. The topological polar surface area (TPSA) is 136 Å². The molecule has 6 atom stereocenters. The van der Waals surface area contributed by atoms with Crippen LogP contribution in [0.2, 0.25) is 0 Å². The zero-order valence-electron chi connectivity index (χ0n) is 16.8. The number of halogens is 3. The van der Waals surface area contributed by atoms with Gasteiger partial charge in [0.05, 0.1) is 17.1 Å². The number of nitrogens with zero attached hydrogens (tertiary/aromatic N) is 1. The van der Waals surface area contributed by atoms with Crippen LogP contribution in [0.1, 0.15) is 38.5 Å². The minimum atomic E-state index is -4.31. The molecule has 1 aliphatic heterocycles. The predicted octanol–water partition coefficient (Wildman–Crippen LogP) is 0.266. The lowest BCUT2D eigenvalue weighted by molar-refractivity contribution is -0.223. The fourth-order valence-corrected chi connectivity index (χ4v) is 7.91. The summed E-state index contributed by atoms with van der Waals surface area (Å²) < 4.78 is 41.7. The second-order valence-electron chi connectivity index (χ2n) is 10.5. The van der Waals surface area contributed by atoms with Gasteiger partial charge in [-0.05, 0) is 68.1 Å². The van der Waals surface area contributed by atoms with Gasteiger partial charge in [-0.1, -0.05) is 0 Å².